The van der Waals surface area contributed by atoms with Gasteiger partial charge in [0.15, 0.2) is 0 Å². The molecule has 0 saturated carbocycles. The molecule has 8 heteroatoms. The number of H-pyrrole nitrogens is 1. The van der Waals surface area contributed by atoms with Crippen LogP contribution in [0.3, 0.4) is 0 Å². The summed E-state index contributed by atoms with van der Waals surface area (Å²) in [6.45, 7) is 5.62. The molecule has 2 aromatic heterocycles. The van der Waals surface area contributed by atoms with E-state index in [0.29, 0.717) is 5.82 Å². The maximum absolute atomic E-state index is 12.0. The SMILES string of the molecule is Cc1cc(C(=O)O)c(NC(=O)c2n[nH]c(C(C)C)n2)s1. The summed E-state index contributed by atoms with van der Waals surface area (Å²) in [7, 11) is 0. The van der Waals surface area contributed by atoms with Gasteiger partial charge in [0.25, 0.3) is 5.91 Å². The Morgan fingerprint density at radius 2 is 2.15 bits per heavy atom. The molecule has 0 aliphatic carbocycles. The lowest BCUT2D eigenvalue weighted by molar-refractivity contribution is 0.0698. The Kier molecular flexibility index (Phi) is 3.84. The molecular weight excluding hydrogens is 280 g/mol. The van der Waals surface area contributed by atoms with E-state index in [-0.39, 0.29) is 22.3 Å². The number of hydrogen-bond acceptors (Lipinski definition) is 5. The molecule has 0 fully saturated rings. The molecule has 20 heavy (non-hydrogen) atoms. The molecule has 2 aromatic rings. The maximum atomic E-state index is 12.0. The van der Waals surface area contributed by atoms with Gasteiger partial charge in [0, 0.05) is 10.8 Å². The summed E-state index contributed by atoms with van der Waals surface area (Å²) in [5, 5.41) is 18.4. The van der Waals surface area contributed by atoms with Gasteiger partial charge in [0.05, 0.1) is 5.56 Å². The summed E-state index contributed by atoms with van der Waals surface area (Å²) < 4.78 is 0. The number of nitrogens with zero attached hydrogens (tertiary/aromatic N) is 2. The first-order chi connectivity index (χ1) is 9.38. The predicted molar refractivity (Wildman–Crippen MR) is 74.4 cm³/mol. The molecule has 3 N–H and O–H groups in total. The van der Waals surface area contributed by atoms with Gasteiger partial charge < -0.3 is 10.4 Å². The van der Waals surface area contributed by atoms with Gasteiger partial charge in [-0.05, 0) is 13.0 Å². The highest BCUT2D eigenvalue weighted by atomic mass is 32.1. The first kappa shape index (κ1) is 14.2. The fourth-order valence-corrected chi connectivity index (χ4v) is 2.46. The van der Waals surface area contributed by atoms with Crippen LogP contribution in [-0.4, -0.2) is 32.2 Å². The monoisotopic (exact) mass is 294 g/mol. The summed E-state index contributed by atoms with van der Waals surface area (Å²) in [6, 6.07) is 1.51. The van der Waals surface area contributed by atoms with Crippen molar-refractivity contribution in [2.24, 2.45) is 0 Å². The lowest BCUT2D eigenvalue weighted by Crippen LogP contribution is -2.15. The number of carbonyl (C=O) groups is 2. The highest BCUT2D eigenvalue weighted by Crippen LogP contribution is 2.27. The highest BCUT2D eigenvalue weighted by molar-refractivity contribution is 7.16. The second-order valence-corrected chi connectivity index (χ2v) is 5.81. The number of nitrogens with one attached hydrogen (secondary N) is 2. The van der Waals surface area contributed by atoms with Gasteiger partial charge in [-0.1, -0.05) is 13.8 Å². The summed E-state index contributed by atoms with van der Waals surface area (Å²) in [4.78, 5) is 27.9. The molecule has 0 radical (unpaired) electrons. The number of carboxylic acids is 1. The van der Waals surface area contributed by atoms with E-state index >= 15 is 0 Å². The Morgan fingerprint density at radius 1 is 1.45 bits per heavy atom. The molecule has 2 rings (SSSR count). The van der Waals surface area contributed by atoms with E-state index in [2.05, 4.69) is 20.5 Å². The second kappa shape index (κ2) is 5.41. The van der Waals surface area contributed by atoms with Crippen LogP contribution in [0.1, 0.15) is 51.4 Å². The molecular formula is C12H14N4O3S. The fraction of sp³-hybridized carbons (Fsp3) is 0.333. The lowest BCUT2D eigenvalue weighted by atomic mass is 10.2. The highest BCUT2D eigenvalue weighted by Gasteiger charge is 2.19. The van der Waals surface area contributed by atoms with Crippen LogP contribution in [0.15, 0.2) is 6.07 Å². The molecule has 0 unspecified atom stereocenters. The van der Waals surface area contributed by atoms with E-state index in [1.807, 2.05) is 13.8 Å². The topological polar surface area (TPSA) is 108 Å². The second-order valence-electron chi connectivity index (χ2n) is 4.56. The zero-order valence-electron chi connectivity index (χ0n) is 11.2. The number of rotatable bonds is 4. The van der Waals surface area contributed by atoms with Crippen molar-refractivity contribution in [3.8, 4) is 0 Å². The molecule has 0 aliphatic rings. The zero-order valence-corrected chi connectivity index (χ0v) is 12.0. The quantitative estimate of drug-likeness (QED) is 0.801. The molecule has 106 valence electrons. The van der Waals surface area contributed by atoms with Crippen LogP contribution in [0.4, 0.5) is 5.00 Å². The Morgan fingerprint density at radius 3 is 2.70 bits per heavy atom. The molecule has 0 aromatic carbocycles. The third-order valence-electron chi connectivity index (χ3n) is 2.57. The van der Waals surface area contributed by atoms with E-state index in [1.165, 1.54) is 17.4 Å². The molecule has 0 aliphatic heterocycles. The third kappa shape index (κ3) is 2.85. The average molecular weight is 294 g/mol. The standard InChI is InChI=1S/C12H14N4O3S/c1-5(2)8-13-9(16-15-8)10(17)14-11-7(12(18)19)4-6(3)20-11/h4-5H,1-3H3,(H,14,17)(H,18,19)(H,13,15,16). The van der Waals surface area contributed by atoms with Crippen molar-refractivity contribution in [1.82, 2.24) is 15.2 Å². The van der Waals surface area contributed by atoms with Crippen molar-refractivity contribution in [1.29, 1.82) is 0 Å². The minimum Gasteiger partial charge on any atom is -0.478 e. The van der Waals surface area contributed by atoms with Gasteiger partial charge in [-0.2, -0.15) is 0 Å². The first-order valence-electron chi connectivity index (χ1n) is 5.96. The van der Waals surface area contributed by atoms with Crippen LogP contribution < -0.4 is 5.32 Å². The fourth-order valence-electron chi connectivity index (χ4n) is 1.56. The molecule has 2 heterocycles. The number of aromatic amines is 1. The Balaban J connectivity index is 2.21. The normalized spacial score (nSPS) is 10.8. The van der Waals surface area contributed by atoms with Gasteiger partial charge in [-0.15, -0.1) is 16.4 Å². The maximum Gasteiger partial charge on any atom is 0.338 e. The van der Waals surface area contributed by atoms with Crippen LogP contribution in [0, 0.1) is 6.92 Å². The number of anilines is 1. The number of aryl methyl sites for hydroxylation is 1. The average Bonchev–Trinajstić information content (AvgIpc) is 2.95. The minimum atomic E-state index is -1.08. The molecule has 0 bridgehead atoms. The summed E-state index contributed by atoms with van der Waals surface area (Å²) in [5.74, 6) is -0.880. The number of carboxylic acid groups (broad SMARTS) is 1. The first-order valence-corrected chi connectivity index (χ1v) is 6.77. The van der Waals surface area contributed by atoms with E-state index < -0.39 is 11.9 Å². The largest absolute Gasteiger partial charge is 0.478 e. The van der Waals surface area contributed by atoms with E-state index in [1.54, 1.807) is 6.92 Å². The smallest absolute Gasteiger partial charge is 0.338 e. The Bertz CT molecular complexity index is 659. The zero-order chi connectivity index (χ0) is 14.9. The Hall–Kier alpha value is -2.22. The minimum absolute atomic E-state index is 0.00362. The van der Waals surface area contributed by atoms with Crippen molar-refractivity contribution < 1.29 is 14.7 Å². The van der Waals surface area contributed by atoms with Crippen molar-refractivity contribution in [3.05, 3.63) is 28.2 Å². The van der Waals surface area contributed by atoms with Gasteiger partial charge in [-0.25, -0.2) is 9.78 Å². The van der Waals surface area contributed by atoms with Crippen LogP contribution >= 0.6 is 11.3 Å². The van der Waals surface area contributed by atoms with Gasteiger partial charge in [-0.3, -0.25) is 9.89 Å². The third-order valence-corrected chi connectivity index (χ3v) is 3.53. The lowest BCUT2D eigenvalue weighted by Gasteiger charge is -2.00. The molecule has 0 saturated heterocycles. The van der Waals surface area contributed by atoms with Crippen LogP contribution in [-0.2, 0) is 0 Å². The summed E-state index contributed by atoms with van der Waals surface area (Å²) in [5.41, 5.74) is 0.0699. The molecule has 0 spiro atoms. The number of hydrogen-bond donors (Lipinski definition) is 3. The predicted octanol–water partition coefficient (Wildman–Crippen LogP) is 2.25. The van der Waals surface area contributed by atoms with Gasteiger partial charge in [0.2, 0.25) is 5.82 Å². The van der Waals surface area contributed by atoms with E-state index in [0.717, 1.165) is 4.88 Å². The van der Waals surface area contributed by atoms with Crippen molar-refractivity contribution >= 4 is 28.2 Å². The van der Waals surface area contributed by atoms with E-state index in [4.69, 9.17) is 5.11 Å². The molecule has 0 atom stereocenters. The molecule has 1 amide bonds. The van der Waals surface area contributed by atoms with E-state index in [9.17, 15) is 9.59 Å². The number of aromatic nitrogens is 3. The van der Waals surface area contributed by atoms with Crippen LogP contribution in [0.25, 0.3) is 0 Å². The van der Waals surface area contributed by atoms with Crippen molar-refractivity contribution in [2.75, 3.05) is 5.32 Å². The Labute approximate surface area is 119 Å². The number of amides is 1. The number of carbonyl (C=O) groups excluding carboxylic acids is 1. The van der Waals surface area contributed by atoms with Gasteiger partial charge >= 0.3 is 5.97 Å². The van der Waals surface area contributed by atoms with Crippen molar-refractivity contribution in [2.45, 2.75) is 26.7 Å². The van der Waals surface area contributed by atoms with Crippen LogP contribution in [0.2, 0.25) is 0 Å². The summed E-state index contributed by atoms with van der Waals surface area (Å²) >= 11 is 1.20. The van der Waals surface area contributed by atoms with Gasteiger partial charge in [0.1, 0.15) is 10.8 Å². The van der Waals surface area contributed by atoms with Crippen molar-refractivity contribution in [3.63, 3.8) is 0 Å². The molecule has 7 nitrogen and oxygen atoms in total. The number of aromatic carboxylic acids is 1. The number of thiophene rings is 1. The van der Waals surface area contributed by atoms with Crippen LogP contribution in [0.5, 0.6) is 0 Å². The summed E-state index contributed by atoms with van der Waals surface area (Å²) in [6.07, 6.45) is 0.